The molecule has 7 heteroatoms. The van der Waals surface area contributed by atoms with Crippen LogP contribution in [-0.2, 0) is 12.8 Å². The molecule has 0 atom stereocenters. The predicted molar refractivity (Wildman–Crippen MR) is 92.8 cm³/mol. The molecule has 0 bridgehead atoms. The minimum Gasteiger partial charge on any atom is -0.399 e. The lowest BCUT2D eigenvalue weighted by molar-refractivity contribution is -0.384. The molecule has 0 aliphatic rings. The average Bonchev–Trinajstić information content (AvgIpc) is 2.57. The van der Waals surface area contributed by atoms with Crippen molar-refractivity contribution in [1.82, 2.24) is 10.6 Å². The van der Waals surface area contributed by atoms with Gasteiger partial charge in [-0.3, -0.25) is 10.1 Å². The zero-order valence-corrected chi connectivity index (χ0v) is 13.2. The molecule has 0 aromatic heterocycles. The lowest BCUT2D eigenvalue weighted by Crippen LogP contribution is -2.37. The Morgan fingerprint density at radius 3 is 1.83 bits per heavy atom. The highest BCUT2D eigenvalue weighted by Gasteiger charge is 2.04. The Morgan fingerprint density at radius 2 is 1.38 bits per heavy atom. The van der Waals surface area contributed by atoms with Gasteiger partial charge in [0, 0.05) is 30.9 Å². The van der Waals surface area contributed by atoms with E-state index in [1.54, 1.807) is 12.1 Å². The number of nitro groups is 1. The summed E-state index contributed by atoms with van der Waals surface area (Å²) in [4.78, 5) is 21.8. The summed E-state index contributed by atoms with van der Waals surface area (Å²) in [7, 11) is 0. The summed E-state index contributed by atoms with van der Waals surface area (Å²) < 4.78 is 0. The van der Waals surface area contributed by atoms with Crippen molar-refractivity contribution in [3.8, 4) is 0 Å². The molecule has 0 spiro atoms. The average molecular weight is 328 g/mol. The third kappa shape index (κ3) is 5.60. The molecule has 2 aromatic carbocycles. The number of carbonyl (C=O) groups is 1. The van der Waals surface area contributed by atoms with Crippen molar-refractivity contribution in [1.29, 1.82) is 0 Å². The SMILES string of the molecule is Nc1ccc(CCNC(=O)NCCc2ccc([N+](=O)[O-])cc2)cc1. The number of nitrogens with one attached hydrogen (secondary N) is 2. The smallest absolute Gasteiger partial charge is 0.314 e. The number of non-ortho nitro benzene ring substituents is 1. The van der Waals surface area contributed by atoms with Gasteiger partial charge in [-0.2, -0.15) is 0 Å². The molecule has 0 heterocycles. The van der Waals surface area contributed by atoms with Crippen molar-refractivity contribution < 1.29 is 9.72 Å². The van der Waals surface area contributed by atoms with Crippen LogP contribution < -0.4 is 16.4 Å². The maximum atomic E-state index is 11.7. The first-order valence-corrected chi connectivity index (χ1v) is 7.64. The zero-order valence-electron chi connectivity index (χ0n) is 13.2. The molecule has 24 heavy (non-hydrogen) atoms. The maximum Gasteiger partial charge on any atom is 0.314 e. The second-order valence-corrected chi connectivity index (χ2v) is 5.35. The van der Waals surface area contributed by atoms with Crippen LogP contribution in [0.25, 0.3) is 0 Å². The number of carbonyl (C=O) groups excluding carboxylic acids is 1. The first-order valence-electron chi connectivity index (χ1n) is 7.64. The summed E-state index contributed by atoms with van der Waals surface area (Å²) in [6.45, 7) is 0.999. The second kappa shape index (κ2) is 8.52. The third-order valence-corrected chi connectivity index (χ3v) is 3.53. The molecule has 126 valence electrons. The molecule has 2 aromatic rings. The monoisotopic (exact) mass is 328 g/mol. The molecule has 0 saturated heterocycles. The fourth-order valence-electron chi connectivity index (χ4n) is 2.17. The number of nitro benzene ring substituents is 1. The normalized spacial score (nSPS) is 10.2. The Morgan fingerprint density at radius 1 is 0.917 bits per heavy atom. The Balaban J connectivity index is 1.64. The summed E-state index contributed by atoms with van der Waals surface area (Å²) in [6.07, 6.45) is 1.35. The summed E-state index contributed by atoms with van der Waals surface area (Å²) >= 11 is 0. The first-order chi connectivity index (χ1) is 11.5. The summed E-state index contributed by atoms with van der Waals surface area (Å²) in [5.41, 5.74) is 8.44. The van der Waals surface area contributed by atoms with Crippen LogP contribution in [0, 0.1) is 10.1 Å². The first kappa shape index (κ1) is 17.3. The molecule has 0 fully saturated rings. The fraction of sp³-hybridized carbons (Fsp3) is 0.235. The van der Waals surface area contributed by atoms with Crippen LogP contribution in [-0.4, -0.2) is 24.0 Å². The van der Waals surface area contributed by atoms with E-state index in [0.29, 0.717) is 19.5 Å². The van der Waals surface area contributed by atoms with Gasteiger partial charge in [-0.25, -0.2) is 4.79 Å². The van der Waals surface area contributed by atoms with E-state index < -0.39 is 4.92 Å². The Bertz CT molecular complexity index is 684. The van der Waals surface area contributed by atoms with Crippen molar-refractivity contribution in [2.75, 3.05) is 18.8 Å². The summed E-state index contributed by atoms with van der Waals surface area (Å²) in [6, 6.07) is 13.6. The Hall–Kier alpha value is -3.09. The van der Waals surface area contributed by atoms with Crippen molar-refractivity contribution in [3.05, 3.63) is 69.8 Å². The van der Waals surface area contributed by atoms with Crippen molar-refractivity contribution in [3.63, 3.8) is 0 Å². The highest BCUT2D eigenvalue weighted by atomic mass is 16.6. The van der Waals surface area contributed by atoms with Gasteiger partial charge in [-0.15, -0.1) is 0 Å². The summed E-state index contributed by atoms with van der Waals surface area (Å²) in [5, 5.41) is 16.1. The number of nitrogens with zero attached hydrogens (tertiary/aromatic N) is 1. The van der Waals surface area contributed by atoms with Gasteiger partial charge in [0.1, 0.15) is 0 Å². The fourth-order valence-corrected chi connectivity index (χ4v) is 2.17. The van der Waals surface area contributed by atoms with Crippen LogP contribution in [0.1, 0.15) is 11.1 Å². The van der Waals surface area contributed by atoms with Crippen LogP contribution in [0.5, 0.6) is 0 Å². The van der Waals surface area contributed by atoms with Gasteiger partial charge in [0.15, 0.2) is 0 Å². The molecule has 0 radical (unpaired) electrons. The quantitative estimate of drug-likeness (QED) is 0.411. The second-order valence-electron chi connectivity index (χ2n) is 5.35. The van der Waals surface area contributed by atoms with Gasteiger partial charge in [0.2, 0.25) is 0 Å². The van der Waals surface area contributed by atoms with E-state index in [2.05, 4.69) is 10.6 Å². The maximum absolute atomic E-state index is 11.7. The number of amides is 2. The zero-order chi connectivity index (χ0) is 17.4. The topological polar surface area (TPSA) is 110 Å². The number of nitrogens with two attached hydrogens (primary N) is 1. The largest absolute Gasteiger partial charge is 0.399 e. The molecular formula is C17H20N4O3. The van der Waals surface area contributed by atoms with Gasteiger partial charge < -0.3 is 16.4 Å². The van der Waals surface area contributed by atoms with Crippen LogP contribution in [0.3, 0.4) is 0 Å². The van der Waals surface area contributed by atoms with Crippen LogP contribution in [0.4, 0.5) is 16.2 Å². The molecule has 0 unspecified atom stereocenters. The Kier molecular flexibility index (Phi) is 6.13. The van der Waals surface area contributed by atoms with Gasteiger partial charge in [-0.05, 0) is 36.1 Å². The minimum absolute atomic E-state index is 0.0621. The summed E-state index contributed by atoms with van der Waals surface area (Å²) in [5.74, 6) is 0. The van der Waals surface area contributed by atoms with E-state index in [-0.39, 0.29) is 11.7 Å². The van der Waals surface area contributed by atoms with E-state index in [1.807, 2.05) is 24.3 Å². The van der Waals surface area contributed by atoms with Gasteiger partial charge >= 0.3 is 6.03 Å². The third-order valence-electron chi connectivity index (χ3n) is 3.53. The number of nitrogen functional groups attached to an aromatic ring is 1. The molecular weight excluding hydrogens is 308 g/mol. The highest BCUT2D eigenvalue weighted by Crippen LogP contribution is 2.11. The van der Waals surface area contributed by atoms with E-state index in [4.69, 9.17) is 5.73 Å². The molecule has 7 nitrogen and oxygen atoms in total. The number of benzene rings is 2. The number of hydrogen-bond donors (Lipinski definition) is 3. The molecule has 0 aliphatic carbocycles. The molecule has 4 N–H and O–H groups in total. The molecule has 2 rings (SSSR count). The minimum atomic E-state index is -0.434. The number of anilines is 1. The van der Waals surface area contributed by atoms with Crippen molar-refractivity contribution >= 4 is 17.4 Å². The predicted octanol–water partition coefficient (Wildman–Crippen LogP) is 2.26. The number of rotatable bonds is 7. The highest BCUT2D eigenvalue weighted by molar-refractivity contribution is 5.73. The van der Waals surface area contributed by atoms with Crippen molar-refractivity contribution in [2.45, 2.75) is 12.8 Å². The molecule has 0 saturated carbocycles. The van der Waals surface area contributed by atoms with Crippen molar-refractivity contribution in [2.24, 2.45) is 0 Å². The lowest BCUT2D eigenvalue weighted by atomic mass is 10.1. The van der Waals surface area contributed by atoms with E-state index >= 15 is 0 Å². The standard InChI is InChI=1S/C17H20N4O3/c18-15-5-1-13(2-6-15)9-11-19-17(22)20-12-10-14-3-7-16(8-4-14)21(23)24/h1-8H,9-12,18H2,(H2,19,20,22). The molecule has 0 aliphatic heterocycles. The van der Waals surface area contributed by atoms with E-state index in [0.717, 1.165) is 23.2 Å². The number of urea groups is 1. The van der Waals surface area contributed by atoms with Gasteiger partial charge in [0.05, 0.1) is 4.92 Å². The van der Waals surface area contributed by atoms with Gasteiger partial charge in [0.25, 0.3) is 5.69 Å². The van der Waals surface area contributed by atoms with E-state index in [1.165, 1.54) is 12.1 Å². The van der Waals surface area contributed by atoms with E-state index in [9.17, 15) is 14.9 Å². The molecule has 2 amide bonds. The van der Waals surface area contributed by atoms with Crippen LogP contribution in [0.2, 0.25) is 0 Å². The number of hydrogen-bond acceptors (Lipinski definition) is 4. The Labute approximate surface area is 140 Å². The van der Waals surface area contributed by atoms with Crippen LogP contribution >= 0.6 is 0 Å². The lowest BCUT2D eigenvalue weighted by Gasteiger charge is -2.08. The van der Waals surface area contributed by atoms with Gasteiger partial charge in [-0.1, -0.05) is 24.3 Å². The van der Waals surface area contributed by atoms with Crippen LogP contribution in [0.15, 0.2) is 48.5 Å².